The molecule has 0 N–H and O–H groups in total. The second kappa shape index (κ2) is 8.70. The van der Waals surface area contributed by atoms with Crippen LogP contribution in [0.3, 0.4) is 0 Å². The monoisotopic (exact) mass is 373 g/mol. The Morgan fingerprint density at radius 2 is 1.67 bits per heavy atom. The van der Waals surface area contributed by atoms with Crippen LogP contribution >= 0.6 is 0 Å². The molecule has 0 bridgehead atoms. The quantitative estimate of drug-likeness (QED) is 0.241. The van der Waals surface area contributed by atoms with Gasteiger partial charge in [0.2, 0.25) is 5.75 Å². The number of carbonyl (C=O) groups is 1. The van der Waals surface area contributed by atoms with Crippen LogP contribution in [0.4, 0.5) is 5.69 Å². The maximum atomic E-state index is 12.0. The third-order valence-electron chi connectivity index (χ3n) is 3.68. The van der Waals surface area contributed by atoms with Crippen molar-refractivity contribution in [3.05, 3.63) is 57.6 Å². The van der Waals surface area contributed by atoms with E-state index in [1.807, 2.05) is 0 Å². The molecule has 2 rings (SSSR count). The summed E-state index contributed by atoms with van der Waals surface area (Å²) < 4.78 is 20.9. The van der Waals surface area contributed by atoms with Gasteiger partial charge in [-0.05, 0) is 42.8 Å². The molecular weight excluding hydrogens is 354 g/mol. The van der Waals surface area contributed by atoms with Gasteiger partial charge in [-0.1, -0.05) is 0 Å². The number of methoxy groups -OCH3 is 3. The van der Waals surface area contributed by atoms with Crippen molar-refractivity contribution in [2.75, 3.05) is 21.3 Å². The highest BCUT2D eigenvalue weighted by Crippen LogP contribution is 2.38. The number of aryl methyl sites for hydroxylation is 1. The van der Waals surface area contributed by atoms with Gasteiger partial charge in [-0.2, -0.15) is 0 Å². The van der Waals surface area contributed by atoms with Crippen molar-refractivity contribution in [1.82, 2.24) is 0 Å². The van der Waals surface area contributed by atoms with E-state index < -0.39 is 10.9 Å². The standard InChI is InChI=1S/C19H19NO7/c1-12-9-14(6-7-15(12)20(22)23)27-18(21)8-5-13-10-16(24-2)19(26-4)17(11-13)25-3/h5-11H,1-4H3/b8-5+. The molecule has 0 spiro atoms. The van der Waals surface area contributed by atoms with Gasteiger partial charge in [-0.15, -0.1) is 0 Å². The predicted molar refractivity (Wildman–Crippen MR) is 98.6 cm³/mol. The van der Waals surface area contributed by atoms with Gasteiger partial charge in [0.25, 0.3) is 5.69 Å². The van der Waals surface area contributed by atoms with Crippen LogP contribution in [0.2, 0.25) is 0 Å². The number of benzene rings is 2. The lowest BCUT2D eigenvalue weighted by atomic mass is 10.1. The van der Waals surface area contributed by atoms with Crippen molar-refractivity contribution in [2.45, 2.75) is 6.92 Å². The van der Waals surface area contributed by atoms with Gasteiger partial charge in [-0.3, -0.25) is 10.1 Å². The number of rotatable bonds is 7. The van der Waals surface area contributed by atoms with Crippen LogP contribution in [-0.2, 0) is 4.79 Å². The fourth-order valence-corrected chi connectivity index (χ4v) is 2.41. The first kappa shape index (κ1) is 19.8. The van der Waals surface area contributed by atoms with E-state index in [4.69, 9.17) is 18.9 Å². The summed E-state index contributed by atoms with van der Waals surface area (Å²) >= 11 is 0. The number of nitro groups is 1. The molecular formula is C19H19NO7. The van der Waals surface area contributed by atoms with Crippen LogP contribution in [-0.4, -0.2) is 32.2 Å². The first-order chi connectivity index (χ1) is 12.9. The van der Waals surface area contributed by atoms with Gasteiger partial charge >= 0.3 is 5.97 Å². The van der Waals surface area contributed by atoms with Crippen LogP contribution in [0.5, 0.6) is 23.0 Å². The number of esters is 1. The average molecular weight is 373 g/mol. The Balaban J connectivity index is 2.17. The zero-order valence-electron chi connectivity index (χ0n) is 15.3. The minimum atomic E-state index is -0.628. The number of ether oxygens (including phenoxy) is 4. The molecule has 0 aliphatic carbocycles. The van der Waals surface area contributed by atoms with E-state index in [1.54, 1.807) is 19.1 Å². The number of hydrogen-bond donors (Lipinski definition) is 0. The van der Waals surface area contributed by atoms with E-state index in [-0.39, 0.29) is 11.4 Å². The first-order valence-corrected chi connectivity index (χ1v) is 7.84. The minimum absolute atomic E-state index is 0.0391. The number of nitro benzene ring substituents is 1. The summed E-state index contributed by atoms with van der Waals surface area (Å²) in [5.74, 6) is 0.947. The van der Waals surface area contributed by atoms with Crippen molar-refractivity contribution in [2.24, 2.45) is 0 Å². The Hall–Kier alpha value is -3.55. The van der Waals surface area contributed by atoms with Crippen molar-refractivity contribution >= 4 is 17.7 Å². The summed E-state index contributed by atoms with van der Waals surface area (Å²) in [7, 11) is 4.49. The van der Waals surface area contributed by atoms with Gasteiger partial charge in [0, 0.05) is 17.7 Å². The topological polar surface area (TPSA) is 97.1 Å². The van der Waals surface area contributed by atoms with Gasteiger partial charge in [0.15, 0.2) is 11.5 Å². The highest BCUT2D eigenvalue weighted by molar-refractivity contribution is 5.89. The second-order valence-electron chi connectivity index (χ2n) is 5.42. The third kappa shape index (κ3) is 4.75. The maximum Gasteiger partial charge on any atom is 0.336 e. The summed E-state index contributed by atoms with van der Waals surface area (Å²) in [6.07, 6.45) is 2.77. The molecule has 0 saturated heterocycles. The second-order valence-corrected chi connectivity index (χ2v) is 5.42. The number of carbonyl (C=O) groups excluding carboxylic acids is 1. The molecule has 2 aromatic carbocycles. The first-order valence-electron chi connectivity index (χ1n) is 7.84. The lowest BCUT2D eigenvalue weighted by Gasteiger charge is -2.12. The summed E-state index contributed by atoms with van der Waals surface area (Å²) in [6.45, 7) is 1.57. The van der Waals surface area contributed by atoms with Crippen molar-refractivity contribution < 1.29 is 28.7 Å². The van der Waals surface area contributed by atoms with E-state index in [9.17, 15) is 14.9 Å². The van der Waals surface area contributed by atoms with E-state index in [0.29, 0.717) is 28.4 Å². The van der Waals surface area contributed by atoms with E-state index in [0.717, 1.165) is 0 Å². The molecule has 0 unspecified atom stereocenters. The van der Waals surface area contributed by atoms with Crippen LogP contribution < -0.4 is 18.9 Å². The molecule has 0 amide bonds. The lowest BCUT2D eigenvalue weighted by molar-refractivity contribution is -0.385. The largest absolute Gasteiger partial charge is 0.493 e. The molecule has 142 valence electrons. The lowest BCUT2D eigenvalue weighted by Crippen LogP contribution is -2.04. The predicted octanol–water partition coefficient (Wildman–Crippen LogP) is 3.55. The van der Waals surface area contributed by atoms with Crippen LogP contribution in [0.1, 0.15) is 11.1 Å². The molecule has 27 heavy (non-hydrogen) atoms. The molecule has 8 nitrogen and oxygen atoms in total. The summed E-state index contributed by atoms with van der Waals surface area (Å²) in [6, 6.07) is 7.46. The van der Waals surface area contributed by atoms with Crippen LogP contribution in [0.15, 0.2) is 36.4 Å². The van der Waals surface area contributed by atoms with Gasteiger partial charge in [-0.25, -0.2) is 4.79 Å². The molecule has 0 aromatic heterocycles. The minimum Gasteiger partial charge on any atom is -0.493 e. The highest BCUT2D eigenvalue weighted by atomic mass is 16.6. The van der Waals surface area contributed by atoms with Gasteiger partial charge in [0.05, 0.1) is 26.3 Å². The molecule has 0 fully saturated rings. The Bertz CT molecular complexity index is 865. The van der Waals surface area contributed by atoms with Crippen LogP contribution in [0, 0.1) is 17.0 Å². The Labute approximate surface area is 156 Å². The van der Waals surface area contributed by atoms with Gasteiger partial charge < -0.3 is 18.9 Å². The number of hydrogen-bond acceptors (Lipinski definition) is 7. The third-order valence-corrected chi connectivity index (χ3v) is 3.68. The summed E-state index contributed by atoms with van der Waals surface area (Å²) in [5, 5.41) is 10.8. The molecule has 0 heterocycles. The molecule has 0 saturated carbocycles. The molecule has 0 atom stereocenters. The molecule has 0 aliphatic heterocycles. The van der Waals surface area contributed by atoms with Crippen molar-refractivity contribution in [1.29, 1.82) is 0 Å². The highest BCUT2D eigenvalue weighted by Gasteiger charge is 2.13. The van der Waals surface area contributed by atoms with E-state index in [2.05, 4.69) is 0 Å². The molecule has 8 heteroatoms. The Kier molecular flexibility index (Phi) is 6.37. The zero-order valence-corrected chi connectivity index (χ0v) is 15.3. The summed E-state index contributed by atoms with van der Waals surface area (Å²) in [5.41, 5.74) is 1.00. The van der Waals surface area contributed by atoms with Crippen molar-refractivity contribution in [3.8, 4) is 23.0 Å². The molecule has 0 aliphatic rings. The maximum absolute atomic E-state index is 12.0. The van der Waals surface area contributed by atoms with E-state index >= 15 is 0 Å². The zero-order chi connectivity index (χ0) is 20.0. The summed E-state index contributed by atoms with van der Waals surface area (Å²) in [4.78, 5) is 22.3. The van der Waals surface area contributed by atoms with Crippen molar-refractivity contribution in [3.63, 3.8) is 0 Å². The Morgan fingerprint density at radius 3 is 2.15 bits per heavy atom. The van der Waals surface area contributed by atoms with E-state index in [1.165, 1.54) is 51.7 Å². The number of nitrogens with zero attached hydrogens (tertiary/aromatic N) is 1. The Morgan fingerprint density at radius 1 is 1.04 bits per heavy atom. The smallest absolute Gasteiger partial charge is 0.336 e. The van der Waals surface area contributed by atoms with Crippen LogP contribution in [0.25, 0.3) is 6.08 Å². The SMILES string of the molecule is COc1cc(/C=C/C(=O)Oc2ccc([N+](=O)[O-])c(C)c2)cc(OC)c1OC. The normalized spacial score (nSPS) is 10.5. The molecule has 0 radical (unpaired) electrons. The average Bonchev–Trinajstić information content (AvgIpc) is 2.65. The molecule has 2 aromatic rings. The fourth-order valence-electron chi connectivity index (χ4n) is 2.41. The van der Waals surface area contributed by atoms with Gasteiger partial charge in [0.1, 0.15) is 5.75 Å². The fraction of sp³-hybridized carbons (Fsp3) is 0.211.